The summed E-state index contributed by atoms with van der Waals surface area (Å²) in [4.78, 5) is 26.2. The molecule has 0 bridgehead atoms. The number of rotatable bonds is 1. The van der Waals surface area contributed by atoms with Gasteiger partial charge in [0.2, 0.25) is 5.91 Å². The van der Waals surface area contributed by atoms with Crippen LogP contribution in [0.5, 0.6) is 0 Å². The van der Waals surface area contributed by atoms with Crippen LogP contribution in [0.15, 0.2) is 10.2 Å². The molecule has 1 amide bonds. The SMILES string of the molecule is CC(=O)NOC(=O)[C@@H]1N=N[C@@H](C)[C@@H]1C#N. The highest BCUT2D eigenvalue weighted by Crippen LogP contribution is 2.23. The molecule has 1 rings (SSSR count). The van der Waals surface area contributed by atoms with Gasteiger partial charge < -0.3 is 4.84 Å². The fourth-order valence-corrected chi connectivity index (χ4v) is 1.14. The lowest BCUT2D eigenvalue weighted by Crippen LogP contribution is -2.35. The maximum atomic E-state index is 11.3. The Labute approximate surface area is 86.1 Å². The smallest absolute Gasteiger partial charge is 0.338 e. The standard InChI is InChI=1S/C8H10N4O3/c1-4-6(3-9)7(11-10-4)8(14)15-12-5(2)13/h4,6-7H,1-2H3,(H,12,13)/t4-,6-,7+/m0/s1. The quantitative estimate of drug-likeness (QED) is 0.612. The summed E-state index contributed by atoms with van der Waals surface area (Å²) in [5.74, 6) is -1.91. The van der Waals surface area contributed by atoms with Crippen LogP contribution in [0.25, 0.3) is 0 Å². The summed E-state index contributed by atoms with van der Waals surface area (Å²) in [6.07, 6.45) is 0. The van der Waals surface area contributed by atoms with Gasteiger partial charge in [0.1, 0.15) is 5.92 Å². The van der Waals surface area contributed by atoms with Crippen molar-refractivity contribution in [1.82, 2.24) is 5.48 Å². The number of hydrogen-bond acceptors (Lipinski definition) is 6. The molecule has 0 spiro atoms. The van der Waals surface area contributed by atoms with Gasteiger partial charge in [-0.3, -0.25) is 4.79 Å². The molecule has 0 unspecified atom stereocenters. The van der Waals surface area contributed by atoms with E-state index in [2.05, 4.69) is 15.1 Å². The lowest BCUT2D eigenvalue weighted by atomic mass is 9.97. The molecule has 0 saturated heterocycles. The summed E-state index contributed by atoms with van der Waals surface area (Å²) < 4.78 is 0. The van der Waals surface area contributed by atoms with Crippen molar-refractivity contribution in [3.8, 4) is 6.07 Å². The highest BCUT2D eigenvalue weighted by atomic mass is 16.7. The van der Waals surface area contributed by atoms with Crippen molar-refractivity contribution in [2.45, 2.75) is 25.9 Å². The Morgan fingerprint density at radius 1 is 1.47 bits per heavy atom. The lowest BCUT2D eigenvalue weighted by molar-refractivity contribution is -0.159. The molecule has 1 heterocycles. The highest BCUT2D eigenvalue weighted by Gasteiger charge is 2.39. The Hall–Kier alpha value is -1.97. The van der Waals surface area contributed by atoms with Crippen LogP contribution in [0, 0.1) is 17.2 Å². The number of nitrogens with zero attached hydrogens (tertiary/aromatic N) is 3. The number of hydrogen-bond donors (Lipinski definition) is 1. The molecule has 0 aromatic rings. The summed E-state index contributed by atoms with van der Waals surface area (Å²) in [7, 11) is 0. The number of nitrogens with one attached hydrogen (secondary N) is 1. The molecule has 1 aliphatic rings. The van der Waals surface area contributed by atoms with E-state index in [-0.39, 0.29) is 6.04 Å². The Kier molecular flexibility index (Phi) is 3.33. The Balaban J connectivity index is 2.57. The van der Waals surface area contributed by atoms with Gasteiger partial charge in [0.05, 0.1) is 12.1 Å². The van der Waals surface area contributed by atoms with E-state index in [9.17, 15) is 9.59 Å². The molecule has 0 saturated carbocycles. The number of amides is 1. The topological polar surface area (TPSA) is 104 Å². The largest absolute Gasteiger partial charge is 0.359 e. The fourth-order valence-electron chi connectivity index (χ4n) is 1.14. The van der Waals surface area contributed by atoms with Crippen LogP contribution in [0.4, 0.5) is 0 Å². The molecule has 0 aromatic heterocycles. The zero-order valence-corrected chi connectivity index (χ0v) is 8.30. The zero-order chi connectivity index (χ0) is 11.4. The van der Waals surface area contributed by atoms with Gasteiger partial charge in [-0.1, -0.05) is 0 Å². The number of nitriles is 1. The van der Waals surface area contributed by atoms with Crippen LogP contribution in [0.3, 0.4) is 0 Å². The molecular weight excluding hydrogens is 200 g/mol. The third-order valence-corrected chi connectivity index (χ3v) is 1.92. The van der Waals surface area contributed by atoms with Gasteiger partial charge in [0.15, 0.2) is 6.04 Å². The summed E-state index contributed by atoms with van der Waals surface area (Å²) in [5, 5.41) is 16.1. The zero-order valence-electron chi connectivity index (χ0n) is 8.30. The van der Waals surface area contributed by atoms with Gasteiger partial charge in [-0.2, -0.15) is 21.0 Å². The number of azo groups is 1. The molecule has 80 valence electrons. The van der Waals surface area contributed by atoms with Crippen molar-refractivity contribution < 1.29 is 14.4 Å². The van der Waals surface area contributed by atoms with E-state index < -0.39 is 23.8 Å². The van der Waals surface area contributed by atoms with Gasteiger partial charge in [-0.25, -0.2) is 4.79 Å². The molecule has 0 aliphatic carbocycles. The van der Waals surface area contributed by atoms with Crippen LogP contribution in [0.1, 0.15) is 13.8 Å². The Morgan fingerprint density at radius 2 is 2.13 bits per heavy atom. The Morgan fingerprint density at radius 3 is 2.67 bits per heavy atom. The summed E-state index contributed by atoms with van der Waals surface area (Å²) in [6, 6.07) is 0.655. The average Bonchev–Trinajstić information content (AvgIpc) is 2.55. The molecule has 7 nitrogen and oxygen atoms in total. The first-order chi connectivity index (χ1) is 7.06. The highest BCUT2D eigenvalue weighted by molar-refractivity contribution is 5.80. The van der Waals surface area contributed by atoms with Gasteiger partial charge in [0.25, 0.3) is 0 Å². The normalized spacial score (nSPS) is 28.2. The third kappa shape index (κ3) is 2.49. The maximum absolute atomic E-state index is 11.3. The van der Waals surface area contributed by atoms with Crippen molar-refractivity contribution in [2.75, 3.05) is 0 Å². The molecule has 3 atom stereocenters. The lowest BCUT2D eigenvalue weighted by Gasteiger charge is -2.10. The molecule has 1 aliphatic heterocycles. The van der Waals surface area contributed by atoms with Crippen LogP contribution in [0.2, 0.25) is 0 Å². The van der Waals surface area contributed by atoms with E-state index >= 15 is 0 Å². The second kappa shape index (κ2) is 4.50. The number of hydroxylamine groups is 1. The minimum Gasteiger partial charge on any atom is -0.338 e. The van der Waals surface area contributed by atoms with Gasteiger partial charge in [-0.05, 0) is 6.92 Å². The first-order valence-corrected chi connectivity index (χ1v) is 4.33. The first kappa shape index (κ1) is 11.1. The van der Waals surface area contributed by atoms with Crippen molar-refractivity contribution in [2.24, 2.45) is 16.1 Å². The summed E-state index contributed by atoms with van der Waals surface area (Å²) in [6.45, 7) is 2.89. The van der Waals surface area contributed by atoms with Crippen molar-refractivity contribution in [3.05, 3.63) is 0 Å². The number of carbonyl (C=O) groups excluding carboxylic acids is 2. The first-order valence-electron chi connectivity index (χ1n) is 4.33. The fraction of sp³-hybridized carbons (Fsp3) is 0.625. The molecular formula is C8H10N4O3. The van der Waals surface area contributed by atoms with Crippen molar-refractivity contribution in [3.63, 3.8) is 0 Å². The van der Waals surface area contributed by atoms with Crippen molar-refractivity contribution in [1.29, 1.82) is 5.26 Å². The number of carbonyl (C=O) groups is 2. The van der Waals surface area contributed by atoms with Crippen LogP contribution in [-0.4, -0.2) is 24.0 Å². The molecule has 0 aromatic carbocycles. The minimum absolute atomic E-state index is 0.329. The molecule has 0 fully saturated rings. The van der Waals surface area contributed by atoms with Crippen LogP contribution < -0.4 is 5.48 Å². The van der Waals surface area contributed by atoms with E-state index in [0.29, 0.717) is 0 Å². The maximum Gasteiger partial charge on any atom is 0.359 e. The van der Waals surface area contributed by atoms with E-state index in [4.69, 9.17) is 5.26 Å². The second-order valence-electron chi connectivity index (χ2n) is 3.15. The van der Waals surface area contributed by atoms with Crippen molar-refractivity contribution >= 4 is 11.9 Å². The predicted octanol–water partition coefficient (Wildman–Crippen LogP) is -0.0566. The monoisotopic (exact) mass is 210 g/mol. The van der Waals surface area contributed by atoms with E-state index in [1.165, 1.54) is 6.92 Å². The van der Waals surface area contributed by atoms with Crippen LogP contribution >= 0.6 is 0 Å². The van der Waals surface area contributed by atoms with Gasteiger partial charge in [0, 0.05) is 6.92 Å². The third-order valence-electron chi connectivity index (χ3n) is 1.92. The average molecular weight is 210 g/mol. The molecule has 15 heavy (non-hydrogen) atoms. The molecule has 7 heteroatoms. The van der Waals surface area contributed by atoms with E-state index in [1.807, 2.05) is 11.5 Å². The minimum atomic E-state index is -0.947. The summed E-state index contributed by atoms with van der Waals surface area (Å²) >= 11 is 0. The summed E-state index contributed by atoms with van der Waals surface area (Å²) in [5.41, 5.74) is 1.88. The Bertz CT molecular complexity index is 346. The van der Waals surface area contributed by atoms with Gasteiger partial charge >= 0.3 is 5.97 Å². The molecule has 1 N–H and O–H groups in total. The predicted molar refractivity (Wildman–Crippen MR) is 47.1 cm³/mol. The van der Waals surface area contributed by atoms with Crippen LogP contribution in [-0.2, 0) is 14.4 Å². The van der Waals surface area contributed by atoms with Gasteiger partial charge in [-0.15, -0.1) is 0 Å². The van der Waals surface area contributed by atoms with E-state index in [0.717, 1.165) is 0 Å². The molecule has 0 radical (unpaired) electrons. The second-order valence-corrected chi connectivity index (χ2v) is 3.15. The van der Waals surface area contributed by atoms with E-state index in [1.54, 1.807) is 6.92 Å².